The van der Waals surface area contributed by atoms with Gasteiger partial charge in [0.05, 0.1) is 0 Å². The van der Waals surface area contributed by atoms with Crippen LogP contribution in [0.1, 0.15) is 41.9 Å². The van der Waals surface area contributed by atoms with Crippen molar-refractivity contribution in [2.45, 2.75) is 31.6 Å². The zero-order chi connectivity index (χ0) is 21.6. The fourth-order valence-corrected chi connectivity index (χ4v) is 4.89. The second-order valence-electron chi connectivity index (χ2n) is 8.12. The highest BCUT2D eigenvalue weighted by Crippen LogP contribution is 2.41. The number of hydrogen-bond donors (Lipinski definition) is 2. The fraction of sp³-hybridized carbons (Fsp3) is 0.308. The van der Waals surface area contributed by atoms with E-state index in [9.17, 15) is 4.79 Å². The van der Waals surface area contributed by atoms with Crippen LogP contribution in [0.2, 0.25) is 5.02 Å². The molecule has 1 aliphatic heterocycles. The van der Waals surface area contributed by atoms with Crippen LogP contribution in [-0.2, 0) is 11.2 Å². The molecule has 0 saturated carbocycles. The van der Waals surface area contributed by atoms with Gasteiger partial charge in [-0.3, -0.25) is 9.78 Å². The molecule has 1 saturated heterocycles. The summed E-state index contributed by atoms with van der Waals surface area (Å²) in [6.45, 7) is 4.08. The van der Waals surface area contributed by atoms with E-state index in [4.69, 9.17) is 11.6 Å². The average molecular weight is 434 g/mol. The summed E-state index contributed by atoms with van der Waals surface area (Å²) >= 11 is 6.86. The average Bonchev–Trinajstić information content (AvgIpc) is 2.80. The molecular weight excluding hydrogens is 406 g/mol. The van der Waals surface area contributed by atoms with E-state index in [2.05, 4.69) is 52.0 Å². The molecule has 2 N–H and O–H groups in total. The summed E-state index contributed by atoms with van der Waals surface area (Å²) in [6.07, 6.45) is 5.66. The number of carbonyl (C=O) groups is 1. The van der Waals surface area contributed by atoms with Gasteiger partial charge in [-0.1, -0.05) is 54.1 Å². The van der Waals surface area contributed by atoms with E-state index in [1.807, 2.05) is 30.6 Å². The zero-order valence-corrected chi connectivity index (χ0v) is 18.5. The number of aromatic nitrogens is 1. The summed E-state index contributed by atoms with van der Waals surface area (Å²) in [4.78, 5) is 15.5. The first-order valence-corrected chi connectivity index (χ1v) is 11.2. The third kappa shape index (κ3) is 5.15. The van der Waals surface area contributed by atoms with Gasteiger partial charge in [-0.2, -0.15) is 0 Å². The Morgan fingerprint density at radius 2 is 2.03 bits per heavy atom. The van der Waals surface area contributed by atoms with E-state index in [1.54, 1.807) is 6.92 Å². The predicted molar refractivity (Wildman–Crippen MR) is 126 cm³/mol. The highest BCUT2D eigenvalue weighted by Gasteiger charge is 2.29. The monoisotopic (exact) mass is 433 g/mol. The first kappa shape index (κ1) is 21.5. The molecule has 1 aliphatic rings. The Labute approximate surface area is 189 Å². The molecule has 4 nitrogen and oxygen atoms in total. The number of amides is 1. The van der Waals surface area contributed by atoms with Crippen LogP contribution < -0.4 is 10.6 Å². The topological polar surface area (TPSA) is 54.0 Å². The highest BCUT2D eigenvalue weighted by molar-refractivity contribution is 6.31. The maximum Gasteiger partial charge on any atom is 0.216 e. The van der Waals surface area contributed by atoms with Crippen LogP contribution in [0.15, 0.2) is 67.0 Å². The molecule has 1 unspecified atom stereocenters. The van der Waals surface area contributed by atoms with Crippen molar-refractivity contribution in [3.05, 3.63) is 88.7 Å². The van der Waals surface area contributed by atoms with E-state index in [0.717, 1.165) is 42.1 Å². The maximum atomic E-state index is 11.2. The van der Waals surface area contributed by atoms with Crippen molar-refractivity contribution in [1.82, 2.24) is 15.6 Å². The lowest BCUT2D eigenvalue weighted by molar-refractivity contribution is -0.118. The largest absolute Gasteiger partial charge is 0.356 e. The lowest BCUT2D eigenvalue weighted by Gasteiger charge is -2.33. The van der Waals surface area contributed by atoms with Crippen LogP contribution in [0, 0.1) is 0 Å². The molecule has 31 heavy (non-hydrogen) atoms. The van der Waals surface area contributed by atoms with Crippen molar-refractivity contribution in [2.24, 2.45) is 0 Å². The third-order valence-electron chi connectivity index (χ3n) is 6.09. The second kappa shape index (κ2) is 10.1. The number of halogens is 1. The molecule has 1 amide bonds. The van der Waals surface area contributed by atoms with Crippen molar-refractivity contribution in [2.75, 3.05) is 19.6 Å². The maximum absolute atomic E-state index is 11.2. The van der Waals surface area contributed by atoms with Crippen molar-refractivity contribution >= 4 is 17.5 Å². The number of nitrogens with one attached hydrogen (secondary N) is 2. The summed E-state index contributed by atoms with van der Waals surface area (Å²) in [5.74, 6) is 0.715. The van der Waals surface area contributed by atoms with E-state index in [0.29, 0.717) is 18.4 Å². The summed E-state index contributed by atoms with van der Waals surface area (Å²) in [5.41, 5.74) is 5.92. The molecule has 0 aliphatic carbocycles. The van der Waals surface area contributed by atoms with Gasteiger partial charge in [0.1, 0.15) is 0 Å². The van der Waals surface area contributed by atoms with Gasteiger partial charge in [-0.25, -0.2) is 0 Å². The Morgan fingerprint density at radius 1 is 1.16 bits per heavy atom. The molecule has 1 aromatic heterocycles. The van der Waals surface area contributed by atoms with E-state index in [1.165, 1.54) is 16.7 Å². The quantitative estimate of drug-likeness (QED) is 0.578. The van der Waals surface area contributed by atoms with Gasteiger partial charge in [0.15, 0.2) is 0 Å². The second-order valence-corrected chi connectivity index (χ2v) is 8.53. The number of rotatable bonds is 6. The van der Waals surface area contributed by atoms with E-state index >= 15 is 0 Å². The Balaban J connectivity index is 1.61. The van der Waals surface area contributed by atoms with Crippen LogP contribution in [0.4, 0.5) is 0 Å². The van der Waals surface area contributed by atoms with Gasteiger partial charge in [0.25, 0.3) is 0 Å². The van der Waals surface area contributed by atoms with Crippen molar-refractivity contribution in [3.63, 3.8) is 0 Å². The molecule has 1 fully saturated rings. The number of hydrogen-bond acceptors (Lipinski definition) is 3. The summed E-state index contributed by atoms with van der Waals surface area (Å²) < 4.78 is 0. The van der Waals surface area contributed by atoms with Gasteiger partial charge in [-0.15, -0.1) is 0 Å². The van der Waals surface area contributed by atoms with Gasteiger partial charge >= 0.3 is 0 Å². The number of piperidine rings is 1. The normalized spacial score (nSPS) is 18.5. The number of benzene rings is 2. The minimum absolute atomic E-state index is 0.00543. The first-order chi connectivity index (χ1) is 15.1. The molecule has 0 bridgehead atoms. The van der Waals surface area contributed by atoms with Crippen LogP contribution in [0.3, 0.4) is 0 Å². The predicted octanol–water partition coefficient (Wildman–Crippen LogP) is 4.94. The first-order valence-electron chi connectivity index (χ1n) is 10.9. The van der Waals surface area contributed by atoms with Gasteiger partial charge in [0, 0.05) is 43.3 Å². The lowest BCUT2D eigenvalue weighted by atomic mass is 9.77. The van der Waals surface area contributed by atoms with Gasteiger partial charge < -0.3 is 10.6 Å². The molecule has 0 radical (unpaired) electrons. The molecular formula is C26H28ClN3O. The van der Waals surface area contributed by atoms with Crippen molar-refractivity contribution in [3.8, 4) is 11.1 Å². The van der Waals surface area contributed by atoms with Gasteiger partial charge in [-0.05, 0) is 65.3 Å². The third-order valence-corrected chi connectivity index (χ3v) is 6.42. The number of pyridine rings is 1. The molecule has 3 aromatic rings. The minimum Gasteiger partial charge on any atom is -0.356 e. The van der Waals surface area contributed by atoms with Crippen molar-refractivity contribution in [1.29, 1.82) is 0 Å². The Morgan fingerprint density at radius 3 is 2.81 bits per heavy atom. The number of carbonyl (C=O) groups excluding carboxylic acids is 1. The lowest BCUT2D eigenvalue weighted by Crippen LogP contribution is -2.34. The number of nitrogens with zero attached hydrogens (tertiary/aromatic N) is 1. The molecule has 2 aromatic carbocycles. The van der Waals surface area contributed by atoms with Crippen LogP contribution in [0.5, 0.6) is 0 Å². The summed E-state index contributed by atoms with van der Waals surface area (Å²) in [6, 6.07) is 18.9. The molecule has 160 valence electrons. The molecule has 2 atom stereocenters. The zero-order valence-electron chi connectivity index (χ0n) is 17.8. The van der Waals surface area contributed by atoms with E-state index in [-0.39, 0.29) is 5.91 Å². The van der Waals surface area contributed by atoms with Gasteiger partial charge in [0.2, 0.25) is 5.91 Å². The van der Waals surface area contributed by atoms with Crippen LogP contribution in [0.25, 0.3) is 11.1 Å². The minimum atomic E-state index is -0.00543. The summed E-state index contributed by atoms with van der Waals surface area (Å²) in [5, 5.41) is 7.22. The van der Waals surface area contributed by atoms with Crippen LogP contribution >= 0.6 is 11.6 Å². The summed E-state index contributed by atoms with van der Waals surface area (Å²) in [7, 11) is 0. The highest BCUT2D eigenvalue weighted by atomic mass is 35.5. The SMILES string of the molecule is CC(=O)NCCc1ccccc1-c1ccc(C2CNCC[C@H]2c2cccnc2)c(Cl)c1. The Bertz CT molecular complexity index is 1040. The van der Waals surface area contributed by atoms with Crippen LogP contribution in [-0.4, -0.2) is 30.5 Å². The smallest absolute Gasteiger partial charge is 0.216 e. The fourth-order valence-electron chi connectivity index (χ4n) is 4.57. The standard InChI is InChI=1S/C26H28ClN3O/c1-18(31)30-14-10-19-5-2-3-7-22(19)20-8-9-24(26(27)15-20)25-17-29-13-11-23(25)21-6-4-12-28-16-21/h2-9,12,15-16,23,25,29H,10-11,13-14,17H2,1H3,(H,30,31)/t23-,25?/m0/s1. The molecule has 2 heterocycles. The van der Waals surface area contributed by atoms with Crippen molar-refractivity contribution < 1.29 is 4.79 Å². The van der Waals surface area contributed by atoms with E-state index < -0.39 is 0 Å². The molecule has 0 spiro atoms. The molecule has 5 heteroatoms. The Kier molecular flexibility index (Phi) is 7.00. The molecule has 4 rings (SSSR count). The Hall–Kier alpha value is -2.69.